The van der Waals surface area contributed by atoms with Gasteiger partial charge >= 0.3 is 0 Å². The van der Waals surface area contributed by atoms with Crippen LogP contribution in [-0.4, -0.2) is 27.3 Å². The van der Waals surface area contributed by atoms with Crippen LogP contribution in [-0.2, 0) is 4.74 Å². The smallest absolute Gasteiger partial charge is 0.0524 e. The predicted octanol–water partition coefficient (Wildman–Crippen LogP) is 1.51. The summed E-state index contributed by atoms with van der Waals surface area (Å²) in [5.41, 5.74) is 0.484. The fraction of sp³-hybridized carbons (Fsp3) is 1.00. The normalized spacial score (nSPS) is 34.2. The lowest BCUT2D eigenvalue weighted by atomic mass is 9.90. The van der Waals surface area contributed by atoms with Gasteiger partial charge in [-0.3, -0.25) is 0 Å². The molecule has 1 N–H and O–H groups in total. The van der Waals surface area contributed by atoms with E-state index < -0.39 is 0 Å². The molecule has 0 aromatic heterocycles. The van der Waals surface area contributed by atoms with Crippen molar-refractivity contribution in [3.05, 3.63) is 0 Å². The molecule has 0 bridgehead atoms. The van der Waals surface area contributed by atoms with Crippen LogP contribution in [0.25, 0.3) is 0 Å². The molecular weight excluding hydrogens is 150 g/mol. The third-order valence-electron chi connectivity index (χ3n) is 3.29. The van der Waals surface area contributed by atoms with E-state index in [1.807, 2.05) is 7.05 Å². The Hall–Kier alpha value is -0.0800. The summed E-state index contributed by atoms with van der Waals surface area (Å²) in [6, 6.07) is 0. The molecule has 72 valence electrons. The summed E-state index contributed by atoms with van der Waals surface area (Å²) in [6.07, 6.45) is 1.33. The Morgan fingerprint density at radius 3 is 2.67 bits per heavy atom. The second-order valence-corrected chi connectivity index (χ2v) is 4.28. The SMILES string of the molecule is CNCC1CC1(COC)C(C)C. The number of rotatable bonds is 5. The number of methoxy groups -OCH3 is 1. The topological polar surface area (TPSA) is 21.3 Å². The highest BCUT2D eigenvalue weighted by Crippen LogP contribution is 2.57. The molecule has 0 aliphatic heterocycles. The lowest BCUT2D eigenvalue weighted by molar-refractivity contribution is 0.104. The van der Waals surface area contributed by atoms with Crippen LogP contribution in [0.3, 0.4) is 0 Å². The van der Waals surface area contributed by atoms with E-state index in [1.165, 1.54) is 6.42 Å². The average Bonchev–Trinajstić information content (AvgIpc) is 2.66. The van der Waals surface area contributed by atoms with E-state index in [0.717, 1.165) is 25.0 Å². The number of hydrogen-bond acceptors (Lipinski definition) is 2. The first-order chi connectivity index (χ1) is 5.67. The van der Waals surface area contributed by atoms with Gasteiger partial charge < -0.3 is 10.1 Å². The van der Waals surface area contributed by atoms with E-state index in [0.29, 0.717) is 5.41 Å². The molecule has 1 aliphatic carbocycles. The van der Waals surface area contributed by atoms with Gasteiger partial charge in [0.05, 0.1) is 6.61 Å². The Morgan fingerprint density at radius 1 is 1.58 bits per heavy atom. The van der Waals surface area contributed by atoms with Gasteiger partial charge in [-0.25, -0.2) is 0 Å². The van der Waals surface area contributed by atoms with Crippen LogP contribution in [0.4, 0.5) is 0 Å². The maximum atomic E-state index is 5.28. The minimum Gasteiger partial charge on any atom is -0.384 e. The second-order valence-electron chi connectivity index (χ2n) is 4.28. The van der Waals surface area contributed by atoms with Crippen LogP contribution in [0, 0.1) is 17.3 Å². The van der Waals surface area contributed by atoms with Crippen molar-refractivity contribution in [3.8, 4) is 0 Å². The standard InChI is InChI=1S/C10H21NO/c1-8(2)10(7-12-4)5-9(10)6-11-3/h8-9,11H,5-7H2,1-4H3. The zero-order valence-electron chi connectivity index (χ0n) is 8.68. The van der Waals surface area contributed by atoms with Gasteiger partial charge in [0, 0.05) is 12.5 Å². The van der Waals surface area contributed by atoms with E-state index in [2.05, 4.69) is 19.2 Å². The number of hydrogen-bond donors (Lipinski definition) is 1. The zero-order valence-corrected chi connectivity index (χ0v) is 8.68. The largest absolute Gasteiger partial charge is 0.384 e. The molecule has 0 aromatic rings. The Labute approximate surface area is 75.7 Å². The van der Waals surface area contributed by atoms with Gasteiger partial charge in [-0.15, -0.1) is 0 Å². The summed E-state index contributed by atoms with van der Waals surface area (Å²) in [5.74, 6) is 1.58. The molecule has 2 nitrogen and oxygen atoms in total. The molecular formula is C10H21NO. The molecule has 1 fully saturated rings. The van der Waals surface area contributed by atoms with Crippen molar-refractivity contribution in [1.29, 1.82) is 0 Å². The molecule has 0 aromatic carbocycles. The van der Waals surface area contributed by atoms with E-state index >= 15 is 0 Å². The molecule has 0 saturated heterocycles. The second kappa shape index (κ2) is 3.75. The van der Waals surface area contributed by atoms with Crippen molar-refractivity contribution in [2.24, 2.45) is 17.3 Å². The monoisotopic (exact) mass is 171 g/mol. The van der Waals surface area contributed by atoms with Crippen LogP contribution < -0.4 is 5.32 Å². The minimum atomic E-state index is 0.484. The van der Waals surface area contributed by atoms with Gasteiger partial charge in [-0.2, -0.15) is 0 Å². The maximum absolute atomic E-state index is 5.28. The zero-order chi connectivity index (χ0) is 9.19. The first-order valence-corrected chi connectivity index (χ1v) is 4.81. The number of ether oxygens (including phenoxy) is 1. The Bertz CT molecular complexity index is 147. The fourth-order valence-corrected chi connectivity index (χ4v) is 2.24. The lowest BCUT2D eigenvalue weighted by Gasteiger charge is -2.20. The average molecular weight is 171 g/mol. The Balaban J connectivity index is 2.44. The summed E-state index contributed by atoms with van der Waals surface area (Å²) in [7, 11) is 3.83. The van der Waals surface area contributed by atoms with Crippen molar-refractivity contribution in [3.63, 3.8) is 0 Å². The molecule has 1 aliphatic rings. The van der Waals surface area contributed by atoms with Crippen LogP contribution in [0.5, 0.6) is 0 Å². The van der Waals surface area contributed by atoms with Gasteiger partial charge in [0.25, 0.3) is 0 Å². The van der Waals surface area contributed by atoms with Crippen LogP contribution in [0.1, 0.15) is 20.3 Å². The van der Waals surface area contributed by atoms with E-state index in [-0.39, 0.29) is 0 Å². The third kappa shape index (κ3) is 1.64. The van der Waals surface area contributed by atoms with Crippen molar-refractivity contribution in [1.82, 2.24) is 5.32 Å². The molecule has 2 atom stereocenters. The summed E-state index contributed by atoms with van der Waals surface area (Å²) in [6.45, 7) is 6.67. The maximum Gasteiger partial charge on any atom is 0.0524 e. The highest BCUT2D eigenvalue weighted by atomic mass is 16.5. The first-order valence-electron chi connectivity index (χ1n) is 4.81. The van der Waals surface area contributed by atoms with Gasteiger partial charge in [-0.1, -0.05) is 13.8 Å². The van der Waals surface area contributed by atoms with Crippen molar-refractivity contribution in [2.75, 3.05) is 27.3 Å². The molecule has 2 unspecified atom stereocenters. The quantitative estimate of drug-likeness (QED) is 0.677. The summed E-state index contributed by atoms with van der Waals surface area (Å²) in [4.78, 5) is 0. The highest BCUT2D eigenvalue weighted by molar-refractivity contribution is 5.04. The lowest BCUT2D eigenvalue weighted by Crippen LogP contribution is -2.23. The van der Waals surface area contributed by atoms with Crippen molar-refractivity contribution < 1.29 is 4.74 Å². The molecule has 0 radical (unpaired) electrons. The molecule has 0 heterocycles. The van der Waals surface area contributed by atoms with E-state index in [4.69, 9.17) is 4.74 Å². The summed E-state index contributed by atoms with van der Waals surface area (Å²) in [5, 5.41) is 3.24. The van der Waals surface area contributed by atoms with Gasteiger partial charge in [0.1, 0.15) is 0 Å². The summed E-state index contributed by atoms with van der Waals surface area (Å²) < 4.78 is 5.28. The van der Waals surface area contributed by atoms with Crippen LogP contribution in [0.15, 0.2) is 0 Å². The minimum absolute atomic E-state index is 0.484. The van der Waals surface area contributed by atoms with Crippen molar-refractivity contribution in [2.45, 2.75) is 20.3 Å². The molecule has 12 heavy (non-hydrogen) atoms. The van der Waals surface area contributed by atoms with Gasteiger partial charge in [0.15, 0.2) is 0 Å². The number of nitrogens with one attached hydrogen (secondary N) is 1. The third-order valence-corrected chi connectivity index (χ3v) is 3.29. The molecule has 0 spiro atoms. The van der Waals surface area contributed by atoms with Gasteiger partial charge in [0.2, 0.25) is 0 Å². The van der Waals surface area contributed by atoms with Crippen LogP contribution >= 0.6 is 0 Å². The molecule has 1 rings (SSSR count). The van der Waals surface area contributed by atoms with Crippen molar-refractivity contribution >= 4 is 0 Å². The van der Waals surface area contributed by atoms with E-state index in [1.54, 1.807) is 7.11 Å². The Morgan fingerprint density at radius 2 is 2.25 bits per heavy atom. The Kier molecular flexibility index (Phi) is 3.13. The van der Waals surface area contributed by atoms with E-state index in [9.17, 15) is 0 Å². The highest BCUT2D eigenvalue weighted by Gasteiger charge is 2.55. The molecule has 0 amide bonds. The fourth-order valence-electron chi connectivity index (χ4n) is 2.24. The predicted molar refractivity (Wildman–Crippen MR) is 51.2 cm³/mol. The van der Waals surface area contributed by atoms with Gasteiger partial charge in [-0.05, 0) is 31.8 Å². The van der Waals surface area contributed by atoms with Crippen LogP contribution in [0.2, 0.25) is 0 Å². The first kappa shape index (κ1) is 10.0. The molecule has 1 saturated carbocycles. The molecule has 2 heteroatoms. The summed E-state index contributed by atoms with van der Waals surface area (Å²) >= 11 is 0.